The molecule has 8 nitrogen and oxygen atoms in total. The topological polar surface area (TPSA) is 90.7 Å². The van der Waals surface area contributed by atoms with Gasteiger partial charge in [0.2, 0.25) is 0 Å². The summed E-state index contributed by atoms with van der Waals surface area (Å²) in [7, 11) is 0. The summed E-state index contributed by atoms with van der Waals surface area (Å²) < 4.78 is 1.59. The fraction of sp³-hybridized carbons (Fsp3) is 0.607. The molecule has 2 aromatic rings. The highest BCUT2D eigenvalue weighted by Crippen LogP contribution is 2.52. The highest BCUT2D eigenvalue weighted by atomic mass is 16.3. The second-order valence-electron chi connectivity index (χ2n) is 11.4. The van der Waals surface area contributed by atoms with Gasteiger partial charge in [0.05, 0.1) is 30.2 Å². The number of aliphatic hydroxyl groups is 1. The maximum atomic E-state index is 13.9. The number of carbonyl (C=O) groups excluding carboxylic acids is 1. The molecule has 2 aliphatic heterocycles. The molecule has 8 heteroatoms. The molecule has 4 fully saturated rings. The molecule has 0 bridgehead atoms. The molecule has 2 saturated carbocycles. The Balaban J connectivity index is 1.22. The average molecular weight is 492 g/mol. The molecule has 2 aliphatic carbocycles. The largest absolute Gasteiger partial charge is 0.387 e. The minimum Gasteiger partial charge on any atom is -0.387 e. The van der Waals surface area contributed by atoms with E-state index in [4.69, 9.17) is 0 Å². The Labute approximate surface area is 212 Å². The van der Waals surface area contributed by atoms with E-state index < -0.39 is 11.0 Å². The maximum Gasteiger partial charge on any atom is 0.320 e. The van der Waals surface area contributed by atoms with E-state index in [1.807, 2.05) is 28.0 Å². The molecular weight excluding hydrogens is 454 g/mol. The number of rotatable bonds is 4. The van der Waals surface area contributed by atoms with Gasteiger partial charge in [-0.05, 0) is 37.7 Å². The number of urea groups is 1. The Kier molecular flexibility index (Phi) is 6.12. The number of hydrogen-bond donors (Lipinski definition) is 2. The zero-order chi connectivity index (χ0) is 24.8. The molecule has 36 heavy (non-hydrogen) atoms. The lowest BCUT2D eigenvalue weighted by atomic mass is 9.66. The van der Waals surface area contributed by atoms with Gasteiger partial charge in [0.15, 0.2) is 0 Å². The number of amides is 2. The first-order valence-electron chi connectivity index (χ1n) is 13.6. The summed E-state index contributed by atoms with van der Waals surface area (Å²) in [4.78, 5) is 35.3. The standard InChI is InChI=1S/C28H37N5O3/c34-25-16-23(21-8-9-21)30-20-32(25)19-28(36)12-14-31(18-27(28)10-4-5-11-27)26(35)33-15-13-29-17-24(33)22-6-2-1-3-7-22/h1-3,6-7,16,20-21,24,29,36H,4-5,8-15,17-19H2. The van der Waals surface area contributed by atoms with Crippen LogP contribution < -0.4 is 10.9 Å². The smallest absolute Gasteiger partial charge is 0.320 e. The van der Waals surface area contributed by atoms with Crippen molar-refractivity contribution in [1.29, 1.82) is 0 Å². The van der Waals surface area contributed by atoms with Crippen molar-refractivity contribution in [1.82, 2.24) is 24.7 Å². The molecular formula is C28H37N5O3. The van der Waals surface area contributed by atoms with Crippen LogP contribution in [-0.4, -0.2) is 68.8 Å². The van der Waals surface area contributed by atoms with E-state index in [-0.39, 0.29) is 24.2 Å². The Bertz CT molecular complexity index is 1160. The highest BCUT2D eigenvalue weighted by molar-refractivity contribution is 5.75. The zero-order valence-electron chi connectivity index (χ0n) is 20.9. The fourth-order valence-corrected chi connectivity index (χ4v) is 6.79. The first-order chi connectivity index (χ1) is 17.5. The molecule has 2 unspecified atom stereocenters. The number of piperazine rings is 1. The summed E-state index contributed by atoms with van der Waals surface area (Å²) in [5.74, 6) is 0.426. The second kappa shape index (κ2) is 9.30. The van der Waals surface area contributed by atoms with E-state index in [1.165, 1.54) is 0 Å². The third kappa shape index (κ3) is 4.24. The van der Waals surface area contributed by atoms with Crippen LogP contribution in [-0.2, 0) is 6.54 Å². The number of piperidine rings is 1. The Morgan fingerprint density at radius 2 is 1.89 bits per heavy atom. The van der Waals surface area contributed by atoms with Crippen LogP contribution in [0, 0.1) is 5.41 Å². The van der Waals surface area contributed by atoms with Crippen molar-refractivity contribution in [3.05, 3.63) is 64.3 Å². The molecule has 2 saturated heterocycles. The molecule has 1 aromatic carbocycles. The van der Waals surface area contributed by atoms with Crippen LogP contribution in [0.15, 0.2) is 47.5 Å². The van der Waals surface area contributed by atoms with Crippen molar-refractivity contribution in [2.45, 2.75) is 69.1 Å². The third-order valence-corrected chi connectivity index (χ3v) is 9.11. The van der Waals surface area contributed by atoms with E-state index in [1.54, 1.807) is 17.0 Å². The Morgan fingerprint density at radius 1 is 1.11 bits per heavy atom. The van der Waals surface area contributed by atoms with Crippen molar-refractivity contribution in [2.75, 3.05) is 32.7 Å². The van der Waals surface area contributed by atoms with E-state index >= 15 is 0 Å². The van der Waals surface area contributed by atoms with Gasteiger partial charge in [0, 0.05) is 50.1 Å². The summed E-state index contributed by atoms with van der Waals surface area (Å²) in [6, 6.07) is 11.9. The highest BCUT2D eigenvalue weighted by Gasteiger charge is 2.56. The first kappa shape index (κ1) is 23.7. The number of likely N-dealkylation sites (tertiary alicyclic amines) is 1. The lowest BCUT2D eigenvalue weighted by Gasteiger charge is -2.53. The fourth-order valence-electron chi connectivity index (χ4n) is 6.79. The van der Waals surface area contributed by atoms with E-state index in [0.717, 1.165) is 62.9 Å². The van der Waals surface area contributed by atoms with Crippen LogP contribution in [0.2, 0.25) is 0 Å². The SMILES string of the molecule is O=C(N1CCC(O)(Cn2cnc(C3CC3)cc2=O)C2(CCCC2)C1)N1CCNCC1c1ccccc1. The van der Waals surface area contributed by atoms with Gasteiger partial charge in [-0.25, -0.2) is 9.78 Å². The minimum absolute atomic E-state index is 0.00224. The van der Waals surface area contributed by atoms with Crippen molar-refractivity contribution < 1.29 is 9.90 Å². The van der Waals surface area contributed by atoms with Gasteiger partial charge in [-0.3, -0.25) is 9.36 Å². The normalized spacial score (nSPS) is 28.0. The molecule has 4 aliphatic rings. The Morgan fingerprint density at radius 3 is 2.61 bits per heavy atom. The van der Waals surface area contributed by atoms with Gasteiger partial charge in [0.25, 0.3) is 5.56 Å². The molecule has 0 radical (unpaired) electrons. The second-order valence-corrected chi connectivity index (χ2v) is 11.4. The predicted octanol–water partition coefficient (Wildman–Crippen LogP) is 2.88. The Hall–Kier alpha value is -2.71. The summed E-state index contributed by atoms with van der Waals surface area (Å²) in [6.45, 7) is 3.46. The van der Waals surface area contributed by atoms with Crippen molar-refractivity contribution in [3.63, 3.8) is 0 Å². The first-order valence-corrected chi connectivity index (χ1v) is 13.6. The zero-order valence-corrected chi connectivity index (χ0v) is 20.9. The average Bonchev–Trinajstić information content (AvgIpc) is 3.65. The number of nitrogens with one attached hydrogen (secondary N) is 1. The molecule has 2 N–H and O–H groups in total. The van der Waals surface area contributed by atoms with Gasteiger partial charge >= 0.3 is 6.03 Å². The summed E-state index contributed by atoms with van der Waals surface area (Å²) >= 11 is 0. The third-order valence-electron chi connectivity index (χ3n) is 9.11. The number of benzene rings is 1. The minimum atomic E-state index is -1.03. The molecule has 192 valence electrons. The van der Waals surface area contributed by atoms with Gasteiger partial charge in [-0.1, -0.05) is 43.2 Å². The number of carbonyl (C=O) groups is 1. The van der Waals surface area contributed by atoms with Crippen molar-refractivity contribution >= 4 is 6.03 Å². The van der Waals surface area contributed by atoms with Crippen molar-refractivity contribution in [3.8, 4) is 0 Å². The molecule has 2 atom stereocenters. The molecule has 3 heterocycles. The van der Waals surface area contributed by atoms with Gasteiger partial charge < -0.3 is 20.2 Å². The molecule has 2 amide bonds. The predicted molar refractivity (Wildman–Crippen MR) is 137 cm³/mol. The molecule has 1 spiro atoms. The van der Waals surface area contributed by atoms with Crippen LogP contribution >= 0.6 is 0 Å². The van der Waals surface area contributed by atoms with Crippen LogP contribution in [0.4, 0.5) is 4.79 Å². The molecule has 6 rings (SSSR count). The van der Waals surface area contributed by atoms with E-state index in [9.17, 15) is 14.7 Å². The number of aromatic nitrogens is 2. The maximum absolute atomic E-state index is 13.9. The van der Waals surface area contributed by atoms with E-state index in [0.29, 0.717) is 32.0 Å². The van der Waals surface area contributed by atoms with Gasteiger partial charge in [-0.2, -0.15) is 0 Å². The number of hydrogen-bond acceptors (Lipinski definition) is 5. The molecule has 1 aromatic heterocycles. The summed E-state index contributed by atoms with van der Waals surface area (Å²) in [5, 5.41) is 15.5. The van der Waals surface area contributed by atoms with Crippen LogP contribution in [0.5, 0.6) is 0 Å². The van der Waals surface area contributed by atoms with Gasteiger partial charge in [-0.15, -0.1) is 0 Å². The lowest BCUT2D eigenvalue weighted by molar-refractivity contribution is -0.137. The van der Waals surface area contributed by atoms with Crippen LogP contribution in [0.1, 0.15) is 68.2 Å². The quantitative estimate of drug-likeness (QED) is 0.687. The van der Waals surface area contributed by atoms with Gasteiger partial charge in [0.1, 0.15) is 0 Å². The van der Waals surface area contributed by atoms with E-state index in [2.05, 4.69) is 22.4 Å². The summed E-state index contributed by atoms with van der Waals surface area (Å²) in [6.07, 6.45) is 8.13. The summed E-state index contributed by atoms with van der Waals surface area (Å²) in [5.41, 5.74) is 0.506. The van der Waals surface area contributed by atoms with Crippen LogP contribution in [0.3, 0.4) is 0 Å². The van der Waals surface area contributed by atoms with Crippen molar-refractivity contribution in [2.24, 2.45) is 5.41 Å². The number of nitrogens with zero attached hydrogens (tertiary/aromatic N) is 4. The lowest BCUT2D eigenvalue weighted by Crippen LogP contribution is -2.64. The van der Waals surface area contributed by atoms with Crippen LogP contribution in [0.25, 0.3) is 0 Å². The monoisotopic (exact) mass is 491 g/mol.